The van der Waals surface area contributed by atoms with Crippen LogP contribution in [0.5, 0.6) is 17.2 Å². The van der Waals surface area contributed by atoms with Gasteiger partial charge in [-0.25, -0.2) is 27.2 Å². The molecule has 0 bridgehead atoms. The van der Waals surface area contributed by atoms with Crippen molar-refractivity contribution in [1.82, 2.24) is 39.5 Å². The first-order valence-electron chi connectivity index (χ1n) is 38.0. The molecule has 0 spiro atoms. The number of hydrogen-bond acceptors (Lipinski definition) is 19. The average Bonchev–Trinajstić information content (AvgIpc) is 1.02. The molecule has 4 unspecified atom stereocenters. The third-order valence-electron chi connectivity index (χ3n) is 20.7. The molecule has 0 saturated carbocycles. The second kappa shape index (κ2) is 43.7. The number of carbonyl (C=O) groups is 5. The number of nitrogens with one attached hydrogen (secondary N) is 4. The number of amides is 4. The van der Waals surface area contributed by atoms with E-state index in [2.05, 4.69) is 85.4 Å². The van der Waals surface area contributed by atoms with Crippen LogP contribution in [0.15, 0.2) is 157 Å². The quantitative estimate of drug-likeness (QED) is 0.0209. The predicted octanol–water partition coefficient (Wildman–Crippen LogP) is 15.2. The molecule has 5 N–H and O–H groups in total. The van der Waals surface area contributed by atoms with Gasteiger partial charge in [-0.05, 0) is 210 Å². The van der Waals surface area contributed by atoms with Crippen molar-refractivity contribution >= 4 is 144 Å². The van der Waals surface area contributed by atoms with Gasteiger partial charge in [-0.15, -0.1) is 0 Å². The standard InChI is InChI=1S/C27H28BrClFN3O4.C26H24ClFN4O2.C25H23ClFN5O2.C4H12N2.C2H2O3S2.Cu.HI/c1-26(2,3)37-25(35)33-15-23(36-22-12-19(28)20(29)13-21(22)33)24(34)32-10-8-27(16-31,9-11-32)14-17-4-6-18(30)7-5-17;27-20-13-21-23(14-22(20)31-9-1-2-10-31)34-24(16-30-21)25(33)32-11-7-26(17-29,8-12-32)15-18-3-5-19(28)6-4-18;26-19-11-20-22(12-21(19)32-10-7-29-16-32)34-23(14-30-20)24(33)31-8-5-25(15-28,6-9-31)13-17-1-3-18(27)4-2-17;1-5-3-4-6-2;3-1-7(4,5)2-6;;/h4-7,12-13,23H,8-11,14-15H2,1-3H3;1-6,9-10,13-14,24,30H,7-8,11-12,15-16H2;1-4,7,10-12,16,23,30H,5-6,8-9,13-14H2;5-6H,3-4H2,1-2H3;1H,(H,4,5);;1H/q;;;;;+1;/p-1. The minimum absolute atomic E-state index is 0.0336. The number of piperidine rings is 3. The summed E-state index contributed by atoms with van der Waals surface area (Å²) >= 11 is 32.3. The summed E-state index contributed by atoms with van der Waals surface area (Å²) in [4.78, 5) is 73.1. The van der Waals surface area contributed by atoms with Crippen LogP contribution in [0.25, 0.3) is 11.4 Å². The van der Waals surface area contributed by atoms with Gasteiger partial charge >= 0.3 is 39.2 Å². The van der Waals surface area contributed by atoms with E-state index < -0.39 is 56.1 Å². The fourth-order valence-corrected chi connectivity index (χ4v) is 15.3. The summed E-state index contributed by atoms with van der Waals surface area (Å²) in [5.41, 5.74) is 3.50. The van der Waals surface area contributed by atoms with E-state index in [0.29, 0.717) is 158 Å². The van der Waals surface area contributed by atoms with Gasteiger partial charge in [0.2, 0.25) is 5.62 Å². The zero-order valence-electron chi connectivity index (χ0n) is 66.0. The normalized spacial score (nSPS) is 18.0. The minimum atomic E-state index is -3.52. The molecule has 3 fully saturated rings. The van der Waals surface area contributed by atoms with Crippen molar-refractivity contribution in [3.63, 3.8) is 0 Å². The number of fused-ring (bicyclic) bond motifs is 3. The van der Waals surface area contributed by atoms with Crippen molar-refractivity contribution in [3.05, 3.63) is 206 Å². The molecule has 0 aliphatic carbocycles. The molecular formula is C84H89BrCl3CuF3IN14O11S2. The number of imidazole rings is 1. The zero-order chi connectivity index (χ0) is 87.1. The van der Waals surface area contributed by atoms with Crippen LogP contribution in [0.2, 0.25) is 15.1 Å². The summed E-state index contributed by atoms with van der Waals surface area (Å²) in [6, 6.07) is 40.3. The van der Waals surface area contributed by atoms with Gasteiger partial charge in [0, 0.05) is 98.1 Å². The number of nitriles is 3. The molecule has 8 heterocycles. The Morgan fingerprint density at radius 1 is 0.625 bits per heavy atom. The summed E-state index contributed by atoms with van der Waals surface area (Å²) in [6.45, 7) is 10.7. The van der Waals surface area contributed by atoms with E-state index in [1.165, 1.54) is 45.6 Å². The number of rotatable bonds is 15. The fourth-order valence-electron chi connectivity index (χ4n) is 14.1. The van der Waals surface area contributed by atoms with E-state index in [0.717, 1.165) is 46.8 Å². The molecule has 14 rings (SSSR count). The van der Waals surface area contributed by atoms with E-state index in [9.17, 15) is 57.1 Å². The van der Waals surface area contributed by atoms with E-state index >= 15 is 0 Å². The summed E-state index contributed by atoms with van der Waals surface area (Å²) < 4.78 is 87.3. The van der Waals surface area contributed by atoms with E-state index in [1.807, 2.05) is 55.3 Å². The van der Waals surface area contributed by atoms with Gasteiger partial charge in [0.15, 0.2) is 28.1 Å². The number of hydrogen-bond donors (Lipinski definition) is 5. The van der Waals surface area contributed by atoms with E-state index in [1.54, 1.807) is 140 Å². The van der Waals surface area contributed by atoms with Gasteiger partial charge < -0.3 is 68.6 Å². The molecule has 6 aliphatic rings. The van der Waals surface area contributed by atoms with Crippen LogP contribution in [0, 0.1) is 67.7 Å². The number of likely N-dealkylation sites (N-methyl/N-ethyl adjacent to an activating group) is 2. The Hall–Kier alpha value is -8.95. The van der Waals surface area contributed by atoms with Crippen LogP contribution < -0.4 is 40.4 Å². The van der Waals surface area contributed by atoms with Gasteiger partial charge in [0.1, 0.15) is 40.3 Å². The molecule has 2 aromatic heterocycles. The molecule has 25 nitrogen and oxygen atoms in total. The maximum absolute atomic E-state index is 13.5. The Morgan fingerprint density at radius 3 is 1.35 bits per heavy atom. The van der Waals surface area contributed by atoms with Gasteiger partial charge in [-0.3, -0.25) is 24.1 Å². The number of halogens is 8. The molecule has 8 aromatic rings. The monoisotopic (exact) mass is 1960 g/mol. The average molecular weight is 1970 g/mol. The zero-order valence-corrected chi connectivity index (χ0v) is 74.6. The summed E-state index contributed by atoms with van der Waals surface area (Å²) in [5, 5.41) is 43.8. The van der Waals surface area contributed by atoms with Crippen molar-refractivity contribution in [3.8, 4) is 46.8 Å². The molecule has 0 radical (unpaired) electrons. The number of aromatic nitrogens is 3. The van der Waals surface area contributed by atoms with Crippen LogP contribution in [0.1, 0.15) is 76.0 Å². The first-order valence-corrected chi connectivity index (χ1v) is 44.9. The number of benzene rings is 6. The van der Waals surface area contributed by atoms with Crippen LogP contribution in [-0.4, -0.2) is 181 Å². The Labute approximate surface area is 744 Å². The van der Waals surface area contributed by atoms with Crippen molar-refractivity contribution in [2.24, 2.45) is 16.2 Å². The number of carbonyl (C=O) groups excluding carboxylic acids is 5. The summed E-state index contributed by atoms with van der Waals surface area (Å²) in [7, 11) is 0.360. The van der Waals surface area contributed by atoms with Gasteiger partial charge in [-0.2, -0.15) is 15.8 Å². The van der Waals surface area contributed by atoms with Gasteiger partial charge in [0.05, 0.1) is 104 Å². The SMILES string of the molecule is CC(C)(C)OC(=O)N1CC(C(=O)N2CCC(C#N)(Cc3ccc(F)cc3)CC2)Oc2cc(Br)c(Cl)cc21.CNCCNC.N#CC1(Cc2ccc(F)cc2)CCN(C(=O)C2CNc3cc(Cl)c(-n4cccc4)cc3O2)CC1.N#CC1(Cc2ccc(F)cc2)CCN(C(=O)C2CNc3cc(Cl)c(-n4ccnc4)cc3O2)CC1.O=CS(=O)(O)=C=S.[Cu][I]. The Balaban J connectivity index is 0.000000188. The van der Waals surface area contributed by atoms with Crippen LogP contribution >= 0.6 is 83.3 Å². The molecule has 6 aliphatic heterocycles. The second-order valence-electron chi connectivity index (χ2n) is 30.1. The van der Waals surface area contributed by atoms with Gasteiger partial charge in [-0.1, -0.05) is 71.2 Å². The van der Waals surface area contributed by atoms with Crippen molar-refractivity contribution in [2.75, 3.05) is 102 Å². The first-order chi connectivity index (χ1) is 57.3. The van der Waals surface area contributed by atoms with E-state index in [4.69, 9.17) is 58.3 Å². The van der Waals surface area contributed by atoms with Crippen molar-refractivity contribution in [2.45, 2.75) is 102 Å². The summed E-state index contributed by atoms with van der Waals surface area (Å²) in [6.07, 6.45) is 10.8. The second-order valence-corrected chi connectivity index (χ2v) is 34.2. The molecule has 6 aromatic carbocycles. The van der Waals surface area contributed by atoms with Crippen LogP contribution in [0.3, 0.4) is 0 Å². The third-order valence-corrected chi connectivity index (χ3v) is 23.7. The maximum atomic E-state index is 13.5. The molecule has 640 valence electrons. The van der Waals surface area contributed by atoms with Crippen LogP contribution in [0.4, 0.5) is 35.0 Å². The predicted molar refractivity (Wildman–Crippen MR) is 466 cm³/mol. The Morgan fingerprint density at radius 2 is 1.01 bits per heavy atom. The molecule has 120 heavy (non-hydrogen) atoms. The number of anilines is 3. The number of likely N-dealkylation sites (tertiary alicyclic amines) is 3. The molecule has 4 amide bonds. The fraction of sp³-hybridized carbons (Fsp3) is 0.381. The van der Waals surface area contributed by atoms with Crippen LogP contribution in [-0.2, 0) is 65.7 Å². The third kappa shape index (κ3) is 25.6. The topological polar surface area (TPSA) is 315 Å². The van der Waals surface area contributed by atoms with Gasteiger partial charge in [0.25, 0.3) is 17.7 Å². The van der Waals surface area contributed by atoms with E-state index in [-0.39, 0.29) is 47.3 Å². The van der Waals surface area contributed by atoms with Crippen molar-refractivity contribution < 1.29 is 77.6 Å². The number of nitrogens with zero attached hydrogens (tertiary/aromatic N) is 10. The summed E-state index contributed by atoms with van der Waals surface area (Å²) in [5.74, 6) is 0.103. The Kier molecular flexibility index (Phi) is 34.6. The molecule has 36 heteroatoms. The number of ether oxygens (including phenoxy) is 4. The molecule has 3 saturated heterocycles. The molecule has 4 atom stereocenters. The molecular weight excluding hydrogens is 1880 g/mol. The number of thiocarbonyl (C=S) groups is 1. The first kappa shape index (κ1) is 94.9. The Bertz CT molecular complexity index is 4970. The van der Waals surface area contributed by atoms with Crippen molar-refractivity contribution in [1.29, 1.82) is 15.8 Å².